The summed E-state index contributed by atoms with van der Waals surface area (Å²) in [6, 6.07) is 5.75. The van der Waals surface area contributed by atoms with Crippen molar-refractivity contribution in [2.75, 3.05) is 6.61 Å². The number of amides is 1. The molecule has 1 N–H and O–H groups in total. The first kappa shape index (κ1) is 16.0. The van der Waals surface area contributed by atoms with Crippen molar-refractivity contribution in [2.24, 2.45) is 16.9 Å². The molecule has 23 heavy (non-hydrogen) atoms. The van der Waals surface area contributed by atoms with Crippen LogP contribution in [-0.4, -0.2) is 18.2 Å². The zero-order valence-corrected chi connectivity index (χ0v) is 13.3. The molecule has 1 amide bonds. The quantitative estimate of drug-likeness (QED) is 0.861. The van der Waals surface area contributed by atoms with Crippen LogP contribution in [0.3, 0.4) is 0 Å². The first-order valence-corrected chi connectivity index (χ1v) is 8.43. The van der Waals surface area contributed by atoms with Gasteiger partial charge in [-0.15, -0.1) is 0 Å². The lowest BCUT2D eigenvalue weighted by Crippen LogP contribution is -2.31. The highest BCUT2D eigenvalue weighted by Gasteiger charge is 2.30. The second-order valence-electron chi connectivity index (χ2n) is 6.51. The van der Waals surface area contributed by atoms with Gasteiger partial charge in [0.05, 0.1) is 0 Å². The Bertz CT molecular complexity index is 588. The topological polar surface area (TPSA) is 50.7 Å². The second-order valence-corrected chi connectivity index (χ2v) is 6.51. The fourth-order valence-electron chi connectivity index (χ4n) is 3.67. The third kappa shape index (κ3) is 4.53. The summed E-state index contributed by atoms with van der Waals surface area (Å²) in [5.41, 5.74) is 3.65. The van der Waals surface area contributed by atoms with Crippen molar-refractivity contribution in [3.8, 4) is 5.75 Å². The zero-order chi connectivity index (χ0) is 16.1. The number of carbonyl (C=O) groups is 1. The molecule has 1 aromatic carbocycles. The lowest BCUT2D eigenvalue weighted by molar-refractivity contribution is -0.123. The van der Waals surface area contributed by atoms with Crippen molar-refractivity contribution in [2.45, 2.75) is 44.9 Å². The number of nitrogens with zero attached hydrogens (tertiary/aromatic N) is 1. The summed E-state index contributed by atoms with van der Waals surface area (Å²) >= 11 is 0. The molecule has 124 valence electrons. The van der Waals surface area contributed by atoms with E-state index in [2.05, 4.69) is 10.5 Å². The monoisotopic (exact) mass is 318 g/mol. The summed E-state index contributed by atoms with van der Waals surface area (Å²) in [5.74, 6) is 1.25. The number of nitrogens with one attached hydrogen (secondary N) is 1. The number of ether oxygens (including phenoxy) is 1. The first-order chi connectivity index (χ1) is 11.2. The van der Waals surface area contributed by atoms with E-state index in [1.165, 1.54) is 44.2 Å². The summed E-state index contributed by atoms with van der Waals surface area (Å²) in [7, 11) is 0. The van der Waals surface area contributed by atoms with Crippen molar-refractivity contribution in [1.29, 1.82) is 0 Å². The van der Waals surface area contributed by atoms with Crippen LogP contribution in [0.5, 0.6) is 5.75 Å². The number of hydrazone groups is 1. The maximum absolute atomic E-state index is 13.0. The smallest absolute Gasteiger partial charge is 0.277 e. The van der Waals surface area contributed by atoms with E-state index in [-0.39, 0.29) is 18.3 Å². The minimum absolute atomic E-state index is 0.160. The molecule has 0 aromatic heterocycles. The van der Waals surface area contributed by atoms with Crippen molar-refractivity contribution in [3.05, 3.63) is 30.1 Å². The molecule has 5 heteroatoms. The maximum Gasteiger partial charge on any atom is 0.277 e. The van der Waals surface area contributed by atoms with Crippen LogP contribution in [0.25, 0.3) is 0 Å². The van der Waals surface area contributed by atoms with Gasteiger partial charge in [0.25, 0.3) is 5.91 Å². The number of fused-ring (bicyclic) bond motifs is 1. The number of rotatable bonds is 4. The largest absolute Gasteiger partial charge is 0.484 e. The normalized spacial score (nSPS) is 25.7. The van der Waals surface area contributed by atoms with Gasteiger partial charge < -0.3 is 4.74 Å². The first-order valence-electron chi connectivity index (χ1n) is 8.43. The highest BCUT2D eigenvalue weighted by atomic mass is 19.1. The molecule has 2 aliphatic rings. The molecule has 0 heterocycles. The van der Waals surface area contributed by atoms with Gasteiger partial charge in [-0.25, -0.2) is 9.82 Å². The molecule has 0 spiro atoms. The number of benzene rings is 1. The summed E-state index contributed by atoms with van der Waals surface area (Å²) < 4.78 is 18.3. The lowest BCUT2D eigenvalue weighted by Gasteiger charge is -2.35. The average molecular weight is 318 g/mol. The maximum atomic E-state index is 13.0. The van der Waals surface area contributed by atoms with Gasteiger partial charge in [-0.3, -0.25) is 4.79 Å². The Hall–Kier alpha value is -1.91. The van der Waals surface area contributed by atoms with E-state index in [1.807, 2.05) is 0 Å². The molecule has 1 aromatic rings. The number of carbonyl (C=O) groups excluding carboxylic acids is 1. The summed E-state index contributed by atoms with van der Waals surface area (Å²) in [6.45, 7) is -0.160. The molecule has 4 nitrogen and oxygen atoms in total. The molecule has 0 unspecified atom stereocenters. The van der Waals surface area contributed by atoms with Crippen LogP contribution in [0.4, 0.5) is 4.39 Å². The Kier molecular flexibility index (Phi) is 5.26. The third-order valence-corrected chi connectivity index (χ3v) is 4.87. The van der Waals surface area contributed by atoms with Crippen LogP contribution in [0.2, 0.25) is 0 Å². The van der Waals surface area contributed by atoms with Gasteiger partial charge in [-0.1, -0.05) is 25.3 Å². The van der Waals surface area contributed by atoms with Gasteiger partial charge in [-0.2, -0.15) is 5.10 Å². The van der Waals surface area contributed by atoms with Crippen molar-refractivity contribution in [1.82, 2.24) is 5.43 Å². The molecular weight excluding hydrogens is 295 g/mol. The van der Waals surface area contributed by atoms with Crippen LogP contribution >= 0.6 is 0 Å². The van der Waals surface area contributed by atoms with Gasteiger partial charge in [0.2, 0.25) is 0 Å². The highest BCUT2D eigenvalue weighted by molar-refractivity contribution is 5.87. The van der Waals surface area contributed by atoms with Gasteiger partial charge >= 0.3 is 0 Å². The lowest BCUT2D eigenvalue weighted by atomic mass is 9.70. The SMILES string of the molecule is O=C(COc1cccc(F)c1)N/N=C1/CC[C@@H]2CCCC[C@@H]2C1. The molecule has 2 saturated carbocycles. The molecule has 2 aliphatic carbocycles. The number of halogens is 1. The van der Waals surface area contributed by atoms with Crippen molar-refractivity contribution < 1.29 is 13.9 Å². The standard InChI is InChI=1S/C18H23FN2O2/c19-15-6-3-7-17(11-15)23-12-18(22)21-20-16-9-8-13-4-1-2-5-14(13)10-16/h3,6-7,11,13-14H,1-2,4-5,8-10,12H2,(H,21,22)/b20-16-/t13-,14+/m0/s1. The Morgan fingerprint density at radius 2 is 2.09 bits per heavy atom. The molecule has 3 rings (SSSR count). The van der Waals surface area contributed by atoms with Crippen molar-refractivity contribution in [3.63, 3.8) is 0 Å². The molecule has 0 radical (unpaired) electrons. The van der Waals surface area contributed by atoms with Gasteiger partial charge in [0, 0.05) is 11.8 Å². The molecule has 2 fully saturated rings. The fourth-order valence-corrected chi connectivity index (χ4v) is 3.67. The molecular formula is C18H23FN2O2. The van der Waals surface area contributed by atoms with Gasteiger partial charge in [0.1, 0.15) is 11.6 Å². The minimum atomic E-state index is -0.382. The average Bonchev–Trinajstić information content (AvgIpc) is 2.58. The van der Waals surface area contributed by atoms with E-state index in [0.717, 1.165) is 30.4 Å². The molecule has 0 aliphatic heterocycles. The second kappa shape index (κ2) is 7.57. The third-order valence-electron chi connectivity index (χ3n) is 4.87. The van der Waals surface area contributed by atoms with Crippen molar-refractivity contribution >= 4 is 11.6 Å². The Balaban J connectivity index is 1.45. The van der Waals surface area contributed by atoms with E-state index in [9.17, 15) is 9.18 Å². The Labute approximate surface area is 136 Å². The minimum Gasteiger partial charge on any atom is -0.484 e. The zero-order valence-electron chi connectivity index (χ0n) is 13.3. The van der Waals surface area contributed by atoms with Gasteiger partial charge in [0.15, 0.2) is 6.61 Å². The van der Waals surface area contributed by atoms with Crippen LogP contribution < -0.4 is 10.2 Å². The summed E-state index contributed by atoms with van der Waals surface area (Å²) in [5, 5.41) is 4.27. The van der Waals surface area contributed by atoms with E-state index in [0.29, 0.717) is 5.75 Å². The van der Waals surface area contributed by atoms with Crippen LogP contribution in [-0.2, 0) is 4.79 Å². The predicted molar refractivity (Wildman–Crippen MR) is 86.8 cm³/mol. The van der Waals surface area contributed by atoms with E-state index in [4.69, 9.17) is 4.74 Å². The molecule has 2 atom stereocenters. The fraction of sp³-hybridized carbons (Fsp3) is 0.556. The molecule has 0 bridgehead atoms. The highest BCUT2D eigenvalue weighted by Crippen LogP contribution is 2.39. The molecule has 0 saturated heterocycles. The van der Waals surface area contributed by atoms with Crippen LogP contribution in [0.1, 0.15) is 44.9 Å². The number of hydrogen-bond acceptors (Lipinski definition) is 3. The Morgan fingerprint density at radius 3 is 2.91 bits per heavy atom. The summed E-state index contributed by atoms with van der Waals surface area (Å²) in [4.78, 5) is 11.8. The van der Waals surface area contributed by atoms with E-state index >= 15 is 0 Å². The van der Waals surface area contributed by atoms with Gasteiger partial charge in [-0.05, 0) is 49.7 Å². The van der Waals surface area contributed by atoms with E-state index in [1.54, 1.807) is 12.1 Å². The Morgan fingerprint density at radius 1 is 1.26 bits per heavy atom. The van der Waals surface area contributed by atoms with Crippen LogP contribution in [0, 0.1) is 17.7 Å². The van der Waals surface area contributed by atoms with E-state index < -0.39 is 0 Å². The predicted octanol–water partition coefficient (Wildman–Crippen LogP) is 3.67. The number of hydrogen-bond donors (Lipinski definition) is 1. The summed E-state index contributed by atoms with van der Waals surface area (Å²) in [6.07, 6.45) is 8.51. The van der Waals surface area contributed by atoms with Crippen LogP contribution in [0.15, 0.2) is 29.4 Å².